The maximum atomic E-state index is 13.7. The number of amides is 1. The summed E-state index contributed by atoms with van der Waals surface area (Å²) < 4.78 is 62.5. The lowest BCUT2D eigenvalue weighted by Crippen LogP contribution is -2.31. The first-order valence-electron chi connectivity index (χ1n) is 11.8. The fourth-order valence-corrected chi connectivity index (χ4v) is 4.12. The van der Waals surface area contributed by atoms with E-state index in [9.17, 15) is 22.4 Å². The second-order valence-corrected chi connectivity index (χ2v) is 8.55. The molecule has 6 nitrogen and oxygen atoms in total. The van der Waals surface area contributed by atoms with Crippen LogP contribution < -0.4 is 15.4 Å². The van der Waals surface area contributed by atoms with E-state index in [0.717, 1.165) is 43.5 Å². The smallest absolute Gasteiger partial charge is 0.387 e. The maximum Gasteiger partial charge on any atom is 0.419 e. The molecule has 1 aliphatic heterocycles. The molecule has 1 aromatic heterocycles. The fourth-order valence-electron chi connectivity index (χ4n) is 4.12. The lowest BCUT2D eigenvalue weighted by molar-refractivity contribution is -0.140. The molecular formula is C24H31F4N3O3. The number of hydrogen-bond donors (Lipinski definition) is 2. The van der Waals surface area contributed by atoms with Crippen molar-refractivity contribution in [3.63, 3.8) is 0 Å². The first-order valence-corrected chi connectivity index (χ1v) is 11.8. The van der Waals surface area contributed by atoms with E-state index < -0.39 is 23.7 Å². The number of rotatable bonds is 11. The Hall–Kier alpha value is -2.62. The van der Waals surface area contributed by atoms with Crippen LogP contribution in [0.15, 0.2) is 22.7 Å². The van der Waals surface area contributed by atoms with Crippen LogP contribution in [0.25, 0.3) is 0 Å². The van der Waals surface area contributed by atoms with E-state index in [0.29, 0.717) is 18.2 Å². The zero-order valence-corrected chi connectivity index (χ0v) is 19.3. The number of carbonyl (C=O) groups is 1. The average molecular weight is 486 g/mol. The molecule has 2 aromatic rings. The Bertz CT molecular complexity index is 946. The van der Waals surface area contributed by atoms with Gasteiger partial charge in [0.2, 0.25) is 0 Å². The van der Waals surface area contributed by atoms with E-state index in [-0.39, 0.29) is 24.0 Å². The Morgan fingerprint density at radius 1 is 1.21 bits per heavy atom. The van der Waals surface area contributed by atoms with Gasteiger partial charge in [-0.3, -0.25) is 0 Å². The number of aromatic nitrogens is 1. The van der Waals surface area contributed by atoms with Crippen LogP contribution in [0.4, 0.5) is 22.4 Å². The maximum absolute atomic E-state index is 13.7. The third-order valence-electron chi connectivity index (χ3n) is 5.92. The number of nitrogens with zero attached hydrogens (tertiary/aromatic N) is 1. The molecule has 34 heavy (non-hydrogen) atoms. The molecule has 10 heteroatoms. The number of halogens is 4. The molecule has 2 N–H and O–H groups in total. The minimum absolute atomic E-state index is 0.0301. The zero-order chi connectivity index (χ0) is 24.6. The van der Waals surface area contributed by atoms with Crippen molar-refractivity contribution in [2.24, 2.45) is 0 Å². The van der Waals surface area contributed by atoms with E-state index in [1.54, 1.807) is 0 Å². The molecule has 1 aliphatic rings. The van der Waals surface area contributed by atoms with Gasteiger partial charge in [0.25, 0.3) is 5.88 Å². The molecule has 0 saturated heterocycles. The quantitative estimate of drug-likeness (QED) is 0.283. The van der Waals surface area contributed by atoms with Gasteiger partial charge in [-0.1, -0.05) is 57.9 Å². The van der Waals surface area contributed by atoms with Crippen molar-refractivity contribution >= 4 is 6.09 Å². The third-order valence-corrected chi connectivity index (χ3v) is 5.92. The van der Waals surface area contributed by atoms with Gasteiger partial charge in [-0.25, -0.2) is 9.18 Å². The summed E-state index contributed by atoms with van der Waals surface area (Å²) in [5, 5.41) is 9.72. The largest absolute Gasteiger partial charge is 0.419 e. The van der Waals surface area contributed by atoms with Crippen molar-refractivity contribution in [1.82, 2.24) is 15.8 Å². The molecule has 0 bridgehead atoms. The van der Waals surface area contributed by atoms with E-state index in [4.69, 9.17) is 9.26 Å². The molecule has 2 heterocycles. The zero-order valence-electron chi connectivity index (χ0n) is 19.3. The van der Waals surface area contributed by atoms with Crippen LogP contribution in [-0.4, -0.2) is 17.8 Å². The molecule has 0 aliphatic carbocycles. The van der Waals surface area contributed by atoms with E-state index >= 15 is 0 Å². The molecule has 188 valence electrons. The SMILES string of the molecule is CCCCCCCCCC1NCCc2onc(OC(=O)NCc3ccc(C(F)(F)F)c(F)c3)c21. The number of benzene rings is 1. The summed E-state index contributed by atoms with van der Waals surface area (Å²) in [7, 11) is 0. The van der Waals surface area contributed by atoms with Gasteiger partial charge < -0.3 is 19.9 Å². The number of ether oxygens (including phenoxy) is 1. The van der Waals surface area contributed by atoms with Crippen LogP contribution in [0.3, 0.4) is 0 Å². The van der Waals surface area contributed by atoms with Gasteiger partial charge in [-0.2, -0.15) is 13.2 Å². The summed E-state index contributed by atoms with van der Waals surface area (Å²) in [4.78, 5) is 12.3. The molecule has 0 fully saturated rings. The van der Waals surface area contributed by atoms with Crippen LogP contribution in [0.1, 0.15) is 86.8 Å². The molecular weight excluding hydrogens is 454 g/mol. The number of alkyl halides is 3. The molecule has 0 spiro atoms. The Morgan fingerprint density at radius 2 is 1.94 bits per heavy atom. The van der Waals surface area contributed by atoms with Crippen LogP contribution in [0.5, 0.6) is 5.88 Å². The number of hydrogen-bond acceptors (Lipinski definition) is 5. The van der Waals surface area contributed by atoms with Gasteiger partial charge in [0.05, 0.1) is 11.1 Å². The summed E-state index contributed by atoms with van der Waals surface area (Å²) in [5.41, 5.74) is -0.455. The third kappa shape index (κ3) is 7.19. The summed E-state index contributed by atoms with van der Waals surface area (Å²) >= 11 is 0. The van der Waals surface area contributed by atoms with Gasteiger partial charge in [0.1, 0.15) is 11.6 Å². The molecule has 0 saturated carbocycles. The fraction of sp³-hybridized carbons (Fsp3) is 0.583. The molecule has 1 aromatic carbocycles. The van der Waals surface area contributed by atoms with Crippen molar-refractivity contribution in [1.29, 1.82) is 0 Å². The average Bonchev–Trinajstić information content (AvgIpc) is 3.19. The number of fused-ring (bicyclic) bond motifs is 1. The van der Waals surface area contributed by atoms with Crippen LogP contribution >= 0.6 is 0 Å². The monoisotopic (exact) mass is 485 g/mol. The van der Waals surface area contributed by atoms with E-state index in [2.05, 4.69) is 22.7 Å². The predicted molar refractivity (Wildman–Crippen MR) is 118 cm³/mol. The number of nitrogens with one attached hydrogen (secondary N) is 2. The second kappa shape index (κ2) is 12.2. The normalized spacial score (nSPS) is 15.7. The highest BCUT2D eigenvalue weighted by atomic mass is 19.4. The summed E-state index contributed by atoms with van der Waals surface area (Å²) in [6, 6.07) is 2.46. The van der Waals surface area contributed by atoms with Crippen molar-refractivity contribution in [3.8, 4) is 5.88 Å². The van der Waals surface area contributed by atoms with E-state index in [1.165, 1.54) is 32.1 Å². The number of carbonyl (C=O) groups excluding carboxylic acids is 1. The molecule has 0 radical (unpaired) electrons. The van der Waals surface area contributed by atoms with Crippen LogP contribution in [0, 0.1) is 5.82 Å². The summed E-state index contributed by atoms with van der Waals surface area (Å²) in [6.45, 7) is 2.74. The topological polar surface area (TPSA) is 76.4 Å². The highest BCUT2D eigenvalue weighted by molar-refractivity contribution is 5.70. The van der Waals surface area contributed by atoms with E-state index in [1.807, 2.05) is 0 Å². The summed E-state index contributed by atoms with van der Waals surface area (Å²) in [5.74, 6) is -0.643. The highest BCUT2D eigenvalue weighted by Crippen LogP contribution is 2.35. The Kier molecular flexibility index (Phi) is 9.32. The molecule has 3 rings (SSSR count). The highest BCUT2D eigenvalue weighted by Gasteiger charge is 2.34. The van der Waals surface area contributed by atoms with Gasteiger partial charge in [0, 0.05) is 25.6 Å². The lowest BCUT2D eigenvalue weighted by Gasteiger charge is -2.23. The molecule has 1 unspecified atom stereocenters. The number of unbranched alkanes of at least 4 members (excludes halogenated alkanes) is 6. The van der Waals surface area contributed by atoms with Gasteiger partial charge in [0.15, 0.2) is 0 Å². The Morgan fingerprint density at radius 3 is 2.65 bits per heavy atom. The van der Waals surface area contributed by atoms with Gasteiger partial charge in [-0.05, 0) is 29.3 Å². The molecule has 1 atom stereocenters. The Balaban J connectivity index is 1.52. The van der Waals surface area contributed by atoms with Crippen molar-refractivity contribution in [2.45, 2.75) is 83.5 Å². The predicted octanol–water partition coefficient (Wildman–Crippen LogP) is 6.45. The molecule has 1 amide bonds. The minimum Gasteiger partial charge on any atom is -0.387 e. The first-order chi connectivity index (χ1) is 16.3. The first kappa shape index (κ1) is 26.0. The van der Waals surface area contributed by atoms with Crippen molar-refractivity contribution in [2.75, 3.05) is 6.54 Å². The van der Waals surface area contributed by atoms with Crippen molar-refractivity contribution < 1.29 is 31.6 Å². The summed E-state index contributed by atoms with van der Waals surface area (Å²) in [6.07, 6.45) is 4.21. The van der Waals surface area contributed by atoms with Crippen LogP contribution in [0.2, 0.25) is 0 Å². The second-order valence-electron chi connectivity index (χ2n) is 8.55. The van der Waals surface area contributed by atoms with Crippen LogP contribution in [-0.2, 0) is 19.1 Å². The lowest BCUT2D eigenvalue weighted by atomic mass is 9.96. The van der Waals surface area contributed by atoms with Gasteiger partial charge >= 0.3 is 12.3 Å². The van der Waals surface area contributed by atoms with Crippen molar-refractivity contribution in [3.05, 3.63) is 46.5 Å². The standard InChI is InChI=1S/C24H31F4N3O3/c1-2-3-4-5-6-7-8-9-19-21-20(12-13-29-19)34-31-22(21)33-23(32)30-15-16-10-11-17(18(25)14-16)24(26,27)28/h10-11,14,19,29H,2-9,12-13,15H2,1H3,(H,30,32). The van der Waals surface area contributed by atoms with Gasteiger partial charge in [-0.15, -0.1) is 0 Å². The Labute approximate surface area is 196 Å². The minimum atomic E-state index is -4.78.